The van der Waals surface area contributed by atoms with E-state index in [4.69, 9.17) is 4.98 Å². The van der Waals surface area contributed by atoms with Crippen LogP contribution in [0.2, 0.25) is 0 Å². The summed E-state index contributed by atoms with van der Waals surface area (Å²) < 4.78 is 0. The Morgan fingerprint density at radius 1 is 1.00 bits per heavy atom. The lowest BCUT2D eigenvalue weighted by atomic mass is 9.81. The SMILES string of the molecule is Cc1ccc(C2CC(=O)c3c(C)nc(N4CCN(C=O)CC4)nc3C2)cc1. The van der Waals surface area contributed by atoms with Crippen molar-refractivity contribution >= 4 is 18.1 Å². The molecule has 6 nitrogen and oxygen atoms in total. The van der Waals surface area contributed by atoms with Crippen molar-refractivity contribution in [2.24, 2.45) is 0 Å². The number of Topliss-reactive ketones (excluding diaryl/α,β-unsaturated/α-hetero) is 1. The average Bonchev–Trinajstić information content (AvgIpc) is 2.68. The minimum Gasteiger partial charge on any atom is -0.342 e. The Morgan fingerprint density at radius 3 is 2.37 bits per heavy atom. The van der Waals surface area contributed by atoms with Gasteiger partial charge in [-0.05, 0) is 31.7 Å². The van der Waals surface area contributed by atoms with E-state index in [-0.39, 0.29) is 11.7 Å². The number of rotatable bonds is 3. The van der Waals surface area contributed by atoms with Crippen molar-refractivity contribution in [3.05, 3.63) is 52.3 Å². The van der Waals surface area contributed by atoms with Crippen molar-refractivity contribution < 1.29 is 9.59 Å². The molecule has 0 bridgehead atoms. The van der Waals surface area contributed by atoms with Gasteiger partial charge in [0.2, 0.25) is 12.4 Å². The summed E-state index contributed by atoms with van der Waals surface area (Å²) in [6.45, 7) is 6.74. The second kappa shape index (κ2) is 7.10. The number of carbonyl (C=O) groups excluding carboxylic acids is 2. The molecule has 1 fully saturated rings. The lowest BCUT2D eigenvalue weighted by Crippen LogP contribution is -2.46. The first-order chi connectivity index (χ1) is 13.0. The molecule has 1 aliphatic carbocycles. The van der Waals surface area contributed by atoms with Gasteiger partial charge in [-0.2, -0.15) is 0 Å². The van der Waals surface area contributed by atoms with Crippen LogP contribution in [0, 0.1) is 13.8 Å². The first kappa shape index (κ1) is 17.6. The molecule has 1 atom stereocenters. The van der Waals surface area contributed by atoms with E-state index in [1.54, 1.807) is 4.90 Å². The molecule has 1 aliphatic heterocycles. The topological polar surface area (TPSA) is 66.4 Å². The van der Waals surface area contributed by atoms with E-state index < -0.39 is 0 Å². The fourth-order valence-electron chi connectivity index (χ4n) is 4.00. The normalized spacial score (nSPS) is 19.8. The quantitative estimate of drug-likeness (QED) is 0.782. The van der Waals surface area contributed by atoms with Crippen molar-refractivity contribution in [2.45, 2.75) is 32.6 Å². The van der Waals surface area contributed by atoms with Crippen LogP contribution in [0.3, 0.4) is 0 Å². The largest absolute Gasteiger partial charge is 0.342 e. The Morgan fingerprint density at radius 2 is 1.70 bits per heavy atom. The van der Waals surface area contributed by atoms with Crippen molar-refractivity contribution in [1.82, 2.24) is 14.9 Å². The smallest absolute Gasteiger partial charge is 0.225 e. The van der Waals surface area contributed by atoms with Gasteiger partial charge in [0.1, 0.15) is 0 Å². The number of anilines is 1. The highest BCUT2D eigenvalue weighted by Crippen LogP contribution is 2.33. The summed E-state index contributed by atoms with van der Waals surface area (Å²) in [5.41, 5.74) is 4.74. The third-order valence-corrected chi connectivity index (χ3v) is 5.60. The number of nitrogens with zero attached hydrogens (tertiary/aromatic N) is 4. The Labute approximate surface area is 159 Å². The number of benzene rings is 1. The van der Waals surface area contributed by atoms with E-state index in [1.165, 1.54) is 11.1 Å². The molecule has 0 saturated carbocycles. The van der Waals surface area contributed by atoms with Crippen LogP contribution in [0.1, 0.15) is 45.2 Å². The van der Waals surface area contributed by atoms with Gasteiger partial charge in [-0.25, -0.2) is 9.97 Å². The van der Waals surface area contributed by atoms with E-state index in [0.717, 1.165) is 24.2 Å². The highest BCUT2D eigenvalue weighted by molar-refractivity contribution is 5.99. The Hall–Kier alpha value is -2.76. The molecule has 1 aromatic heterocycles. The third-order valence-electron chi connectivity index (χ3n) is 5.60. The van der Waals surface area contributed by atoms with Crippen LogP contribution < -0.4 is 4.90 Å². The zero-order chi connectivity index (χ0) is 19.0. The number of ketones is 1. The molecule has 1 unspecified atom stereocenters. The Balaban J connectivity index is 1.62. The number of aryl methyl sites for hydroxylation is 2. The number of carbonyl (C=O) groups is 2. The standard InChI is InChI=1S/C21H24N4O2/c1-14-3-5-16(6-4-14)17-11-18-20(19(27)12-17)15(2)22-21(23-18)25-9-7-24(13-26)8-10-25/h3-6,13,17H,7-12H2,1-2H3. The monoisotopic (exact) mass is 364 g/mol. The maximum absolute atomic E-state index is 12.8. The van der Waals surface area contributed by atoms with E-state index in [9.17, 15) is 9.59 Å². The highest BCUT2D eigenvalue weighted by atomic mass is 16.1. The number of piperazine rings is 1. The highest BCUT2D eigenvalue weighted by Gasteiger charge is 2.31. The Bertz CT molecular complexity index is 870. The van der Waals surface area contributed by atoms with Gasteiger partial charge >= 0.3 is 0 Å². The Kier molecular flexibility index (Phi) is 4.64. The fourth-order valence-corrected chi connectivity index (χ4v) is 4.00. The van der Waals surface area contributed by atoms with Crippen LogP contribution in [0.15, 0.2) is 24.3 Å². The molecule has 2 aliphatic rings. The summed E-state index contributed by atoms with van der Waals surface area (Å²) >= 11 is 0. The molecule has 0 radical (unpaired) electrons. The summed E-state index contributed by atoms with van der Waals surface area (Å²) in [5, 5.41) is 0. The predicted octanol–water partition coefficient (Wildman–Crippen LogP) is 2.28. The summed E-state index contributed by atoms with van der Waals surface area (Å²) in [4.78, 5) is 37.0. The number of fused-ring (bicyclic) bond motifs is 1. The van der Waals surface area contributed by atoms with Gasteiger partial charge in [0, 0.05) is 32.6 Å². The van der Waals surface area contributed by atoms with Crippen molar-refractivity contribution in [3.63, 3.8) is 0 Å². The lowest BCUT2D eigenvalue weighted by Gasteiger charge is -2.33. The van der Waals surface area contributed by atoms with Crippen LogP contribution >= 0.6 is 0 Å². The first-order valence-corrected chi connectivity index (χ1v) is 9.46. The van der Waals surface area contributed by atoms with E-state index in [2.05, 4.69) is 41.1 Å². The van der Waals surface area contributed by atoms with Crippen molar-refractivity contribution in [1.29, 1.82) is 0 Å². The zero-order valence-electron chi connectivity index (χ0n) is 15.8. The summed E-state index contributed by atoms with van der Waals surface area (Å²) in [5.74, 6) is 0.977. The minimum atomic E-state index is 0.136. The molecule has 1 saturated heterocycles. The summed E-state index contributed by atoms with van der Waals surface area (Å²) in [6, 6.07) is 8.43. The molecule has 140 valence electrons. The van der Waals surface area contributed by atoms with Crippen LogP contribution in [0.4, 0.5) is 5.95 Å². The molecular weight excluding hydrogens is 340 g/mol. The maximum atomic E-state index is 12.8. The van der Waals surface area contributed by atoms with Crippen molar-refractivity contribution in [3.8, 4) is 0 Å². The van der Waals surface area contributed by atoms with Crippen LogP contribution in [0.5, 0.6) is 0 Å². The molecule has 0 spiro atoms. The molecule has 1 amide bonds. The fraction of sp³-hybridized carbons (Fsp3) is 0.429. The molecule has 2 aromatic rings. The predicted molar refractivity (Wildman–Crippen MR) is 103 cm³/mol. The van der Waals surface area contributed by atoms with Gasteiger partial charge in [0.25, 0.3) is 0 Å². The van der Waals surface area contributed by atoms with Gasteiger partial charge in [-0.3, -0.25) is 9.59 Å². The molecule has 6 heteroatoms. The molecule has 2 heterocycles. The molecule has 27 heavy (non-hydrogen) atoms. The number of aromatic nitrogens is 2. The maximum Gasteiger partial charge on any atom is 0.225 e. The van der Waals surface area contributed by atoms with Gasteiger partial charge in [0.05, 0.1) is 17.0 Å². The van der Waals surface area contributed by atoms with Gasteiger partial charge in [0.15, 0.2) is 5.78 Å². The summed E-state index contributed by atoms with van der Waals surface area (Å²) in [6.07, 6.45) is 2.16. The lowest BCUT2D eigenvalue weighted by molar-refractivity contribution is -0.118. The number of hydrogen-bond donors (Lipinski definition) is 0. The second-order valence-corrected chi connectivity index (χ2v) is 7.50. The van der Waals surface area contributed by atoms with Crippen molar-refractivity contribution in [2.75, 3.05) is 31.1 Å². The van der Waals surface area contributed by atoms with Gasteiger partial charge in [-0.15, -0.1) is 0 Å². The zero-order valence-corrected chi connectivity index (χ0v) is 15.8. The molecule has 4 rings (SSSR count). The summed E-state index contributed by atoms with van der Waals surface area (Å²) in [7, 11) is 0. The molecule has 1 aromatic carbocycles. The van der Waals surface area contributed by atoms with E-state index in [0.29, 0.717) is 44.1 Å². The molecular formula is C21H24N4O2. The third kappa shape index (κ3) is 3.44. The second-order valence-electron chi connectivity index (χ2n) is 7.50. The number of hydrogen-bond acceptors (Lipinski definition) is 5. The van der Waals surface area contributed by atoms with Crippen LogP contribution in [-0.4, -0.2) is 53.2 Å². The first-order valence-electron chi connectivity index (χ1n) is 9.46. The minimum absolute atomic E-state index is 0.136. The van der Waals surface area contributed by atoms with Crippen LogP contribution in [-0.2, 0) is 11.2 Å². The molecule has 0 N–H and O–H groups in total. The van der Waals surface area contributed by atoms with Gasteiger partial charge < -0.3 is 9.80 Å². The number of amides is 1. The van der Waals surface area contributed by atoms with Gasteiger partial charge in [-0.1, -0.05) is 29.8 Å². The van der Waals surface area contributed by atoms with E-state index >= 15 is 0 Å². The van der Waals surface area contributed by atoms with Crippen LogP contribution in [0.25, 0.3) is 0 Å². The van der Waals surface area contributed by atoms with E-state index in [1.807, 2.05) is 6.92 Å². The average molecular weight is 364 g/mol.